The average Bonchev–Trinajstić information content (AvgIpc) is 2.45. The maximum Gasteiger partial charge on any atom is 0.319 e. The summed E-state index contributed by atoms with van der Waals surface area (Å²) < 4.78 is 0. The lowest BCUT2D eigenvalue weighted by Gasteiger charge is -2.28. The normalized spacial score (nSPS) is 12.3. The molecule has 0 bridgehead atoms. The molecule has 7 heteroatoms. The van der Waals surface area contributed by atoms with Crippen LogP contribution >= 0.6 is 11.8 Å². The van der Waals surface area contributed by atoms with E-state index in [1.807, 2.05) is 45.2 Å². The largest absolute Gasteiger partial charge is 0.383 e. The molecule has 3 amide bonds. The SMILES string of the molecule is CSCCNc1ccccc1NC(=O)N[C@H](C(N)=O)C(C)(C)C. The Morgan fingerprint density at radius 1 is 1.22 bits per heavy atom. The van der Waals surface area contributed by atoms with Crippen molar-refractivity contribution in [1.29, 1.82) is 0 Å². The lowest BCUT2D eigenvalue weighted by molar-refractivity contribution is -0.122. The summed E-state index contributed by atoms with van der Waals surface area (Å²) in [7, 11) is 0. The van der Waals surface area contributed by atoms with Crippen molar-refractivity contribution in [1.82, 2.24) is 5.32 Å². The van der Waals surface area contributed by atoms with Gasteiger partial charge in [-0.25, -0.2) is 4.79 Å². The zero-order chi connectivity index (χ0) is 17.5. The van der Waals surface area contributed by atoms with Gasteiger partial charge in [-0.2, -0.15) is 11.8 Å². The second-order valence-electron chi connectivity index (χ2n) is 6.27. The molecular formula is C16H26N4O2S. The van der Waals surface area contributed by atoms with Gasteiger partial charge in [-0.1, -0.05) is 32.9 Å². The minimum atomic E-state index is -0.751. The van der Waals surface area contributed by atoms with Gasteiger partial charge in [-0.05, 0) is 23.8 Å². The number of thioether (sulfide) groups is 1. The fourth-order valence-electron chi connectivity index (χ4n) is 2.04. The average molecular weight is 338 g/mol. The third-order valence-corrected chi connectivity index (χ3v) is 3.84. The van der Waals surface area contributed by atoms with Gasteiger partial charge in [-0.15, -0.1) is 0 Å². The summed E-state index contributed by atoms with van der Waals surface area (Å²) >= 11 is 1.74. The van der Waals surface area contributed by atoms with Crippen molar-refractivity contribution in [3.63, 3.8) is 0 Å². The molecule has 1 aromatic rings. The van der Waals surface area contributed by atoms with Gasteiger partial charge in [0.15, 0.2) is 0 Å². The van der Waals surface area contributed by atoms with Gasteiger partial charge in [0.2, 0.25) is 5.91 Å². The summed E-state index contributed by atoms with van der Waals surface area (Å²) in [5, 5.41) is 8.68. The number of carbonyl (C=O) groups is 2. The van der Waals surface area contributed by atoms with Gasteiger partial charge in [0.25, 0.3) is 0 Å². The number of amides is 3. The number of para-hydroxylation sites is 2. The fraction of sp³-hybridized carbons (Fsp3) is 0.500. The molecule has 0 aliphatic rings. The van der Waals surface area contributed by atoms with Crippen LogP contribution in [0.1, 0.15) is 20.8 Å². The Kier molecular flexibility index (Phi) is 7.22. The maximum atomic E-state index is 12.2. The van der Waals surface area contributed by atoms with E-state index in [0.29, 0.717) is 5.69 Å². The van der Waals surface area contributed by atoms with Crippen molar-refractivity contribution in [2.24, 2.45) is 11.1 Å². The van der Waals surface area contributed by atoms with E-state index in [-0.39, 0.29) is 0 Å². The molecule has 1 atom stereocenters. The molecule has 0 saturated heterocycles. The Morgan fingerprint density at radius 2 is 1.83 bits per heavy atom. The van der Waals surface area contributed by atoms with E-state index in [2.05, 4.69) is 16.0 Å². The monoisotopic (exact) mass is 338 g/mol. The Bertz CT molecular complexity index is 543. The molecule has 0 heterocycles. The van der Waals surface area contributed by atoms with Gasteiger partial charge in [0.05, 0.1) is 11.4 Å². The number of hydrogen-bond donors (Lipinski definition) is 4. The first kappa shape index (κ1) is 19.2. The number of rotatable bonds is 7. The Hall–Kier alpha value is -1.89. The standard InChI is InChI=1S/C16H26N4O2S/c1-16(2,3)13(14(17)21)20-15(22)19-12-8-6-5-7-11(12)18-9-10-23-4/h5-8,13,18H,9-10H2,1-4H3,(H2,17,21)(H2,19,20,22)/t13-/m1/s1. The lowest BCUT2D eigenvalue weighted by atomic mass is 9.86. The van der Waals surface area contributed by atoms with Crippen LogP contribution in [0.3, 0.4) is 0 Å². The van der Waals surface area contributed by atoms with Crippen LogP contribution in [-0.4, -0.2) is 36.5 Å². The molecular weight excluding hydrogens is 312 g/mol. The molecule has 0 fully saturated rings. The van der Waals surface area contributed by atoms with E-state index in [4.69, 9.17) is 5.73 Å². The van der Waals surface area contributed by atoms with Crippen molar-refractivity contribution < 1.29 is 9.59 Å². The zero-order valence-corrected chi connectivity index (χ0v) is 14.9. The highest BCUT2D eigenvalue weighted by molar-refractivity contribution is 7.98. The van der Waals surface area contributed by atoms with Gasteiger partial charge < -0.3 is 21.7 Å². The number of anilines is 2. The van der Waals surface area contributed by atoms with Crippen LogP contribution in [0.25, 0.3) is 0 Å². The summed E-state index contributed by atoms with van der Waals surface area (Å²) in [6.07, 6.45) is 2.04. The van der Waals surface area contributed by atoms with E-state index >= 15 is 0 Å². The van der Waals surface area contributed by atoms with Crippen molar-refractivity contribution in [2.75, 3.05) is 29.2 Å². The van der Waals surface area contributed by atoms with E-state index < -0.39 is 23.4 Å². The van der Waals surface area contributed by atoms with Crippen LogP contribution in [-0.2, 0) is 4.79 Å². The quantitative estimate of drug-likeness (QED) is 0.574. The zero-order valence-electron chi connectivity index (χ0n) is 14.1. The molecule has 1 aromatic carbocycles. The Balaban J connectivity index is 2.75. The number of carbonyl (C=O) groups excluding carboxylic acids is 2. The minimum absolute atomic E-state index is 0.456. The summed E-state index contributed by atoms with van der Waals surface area (Å²) in [5.74, 6) is 0.410. The molecule has 1 rings (SSSR count). The summed E-state index contributed by atoms with van der Waals surface area (Å²) in [6, 6.07) is 6.22. The third kappa shape index (κ3) is 6.40. The molecule has 6 nitrogen and oxygen atoms in total. The predicted molar refractivity (Wildman–Crippen MR) is 97.9 cm³/mol. The molecule has 23 heavy (non-hydrogen) atoms. The van der Waals surface area contributed by atoms with Crippen LogP contribution in [0.5, 0.6) is 0 Å². The summed E-state index contributed by atoms with van der Waals surface area (Å²) in [5.41, 5.74) is 6.41. The van der Waals surface area contributed by atoms with Crippen molar-refractivity contribution >= 4 is 35.1 Å². The first-order valence-electron chi connectivity index (χ1n) is 7.44. The van der Waals surface area contributed by atoms with Gasteiger partial charge >= 0.3 is 6.03 Å². The predicted octanol–water partition coefficient (Wildman–Crippen LogP) is 2.48. The Morgan fingerprint density at radius 3 is 2.35 bits per heavy atom. The topological polar surface area (TPSA) is 96.2 Å². The molecule has 128 valence electrons. The number of nitrogens with two attached hydrogens (primary N) is 1. The highest BCUT2D eigenvalue weighted by Crippen LogP contribution is 2.22. The second-order valence-corrected chi connectivity index (χ2v) is 7.25. The summed E-state index contributed by atoms with van der Waals surface area (Å²) in [4.78, 5) is 23.7. The number of primary amides is 1. The van der Waals surface area contributed by atoms with Crippen molar-refractivity contribution in [3.05, 3.63) is 24.3 Å². The maximum absolute atomic E-state index is 12.2. The second kappa shape index (κ2) is 8.67. The summed E-state index contributed by atoms with van der Waals surface area (Å²) in [6.45, 7) is 6.34. The van der Waals surface area contributed by atoms with Crippen LogP contribution in [0, 0.1) is 5.41 Å². The molecule has 0 aromatic heterocycles. The molecule has 0 saturated carbocycles. The minimum Gasteiger partial charge on any atom is -0.383 e. The Labute approximate surface area is 142 Å². The highest BCUT2D eigenvalue weighted by atomic mass is 32.2. The van der Waals surface area contributed by atoms with Gasteiger partial charge in [0.1, 0.15) is 6.04 Å². The van der Waals surface area contributed by atoms with E-state index in [1.165, 1.54) is 0 Å². The van der Waals surface area contributed by atoms with E-state index in [1.54, 1.807) is 17.8 Å². The van der Waals surface area contributed by atoms with E-state index in [9.17, 15) is 9.59 Å². The first-order valence-corrected chi connectivity index (χ1v) is 8.83. The third-order valence-electron chi connectivity index (χ3n) is 3.22. The van der Waals surface area contributed by atoms with Crippen molar-refractivity contribution in [2.45, 2.75) is 26.8 Å². The molecule has 0 aliphatic heterocycles. The lowest BCUT2D eigenvalue weighted by Crippen LogP contribution is -2.53. The van der Waals surface area contributed by atoms with Crippen LogP contribution < -0.4 is 21.7 Å². The number of urea groups is 1. The molecule has 0 unspecified atom stereocenters. The smallest absolute Gasteiger partial charge is 0.319 e. The highest BCUT2D eigenvalue weighted by Gasteiger charge is 2.31. The first-order chi connectivity index (χ1) is 10.8. The van der Waals surface area contributed by atoms with Crippen LogP contribution in [0.15, 0.2) is 24.3 Å². The number of hydrogen-bond acceptors (Lipinski definition) is 4. The molecule has 0 radical (unpaired) electrons. The molecule has 5 N–H and O–H groups in total. The van der Waals surface area contributed by atoms with Crippen LogP contribution in [0.2, 0.25) is 0 Å². The van der Waals surface area contributed by atoms with Gasteiger partial charge in [0, 0.05) is 12.3 Å². The van der Waals surface area contributed by atoms with E-state index in [0.717, 1.165) is 18.0 Å². The fourth-order valence-corrected chi connectivity index (χ4v) is 2.34. The van der Waals surface area contributed by atoms with Crippen molar-refractivity contribution in [3.8, 4) is 0 Å². The number of nitrogens with one attached hydrogen (secondary N) is 3. The number of benzene rings is 1. The van der Waals surface area contributed by atoms with Gasteiger partial charge in [-0.3, -0.25) is 4.79 Å². The molecule has 0 spiro atoms. The van der Waals surface area contributed by atoms with Crippen LogP contribution in [0.4, 0.5) is 16.2 Å². The molecule has 0 aliphatic carbocycles.